The second kappa shape index (κ2) is 10.9. The third-order valence-electron chi connectivity index (χ3n) is 6.08. The van der Waals surface area contributed by atoms with E-state index < -0.39 is 23.9 Å². The van der Waals surface area contributed by atoms with Crippen LogP contribution in [-0.4, -0.2) is 65.2 Å². The zero-order chi connectivity index (χ0) is 24.9. The molecule has 0 aromatic heterocycles. The molecule has 1 atom stereocenters. The molecule has 9 nitrogen and oxygen atoms in total. The molecule has 4 rings (SSSR count). The van der Waals surface area contributed by atoms with Crippen LogP contribution in [0.1, 0.15) is 40.4 Å². The monoisotopic (exact) mass is 485 g/mol. The molecule has 186 valence electrons. The van der Waals surface area contributed by atoms with E-state index in [2.05, 4.69) is 4.90 Å². The first kappa shape index (κ1) is 24.8. The quantitative estimate of drug-likeness (QED) is 0.584. The van der Waals surface area contributed by atoms with Crippen LogP contribution in [0.3, 0.4) is 0 Å². The zero-order valence-corrected chi connectivity index (χ0v) is 19.5. The lowest BCUT2D eigenvalue weighted by Crippen LogP contribution is -2.48. The third-order valence-corrected chi connectivity index (χ3v) is 6.08. The molecule has 2 aliphatic rings. The second-order valence-corrected chi connectivity index (χ2v) is 8.46. The zero-order valence-electron chi connectivity index (χ0n) is 19.5. The van der Waals surface area contributed by atoms with Crippen LogP contribution in [0, 0.1) is 5.82 Å². The highest BCUT2D eigenvalue weighted by molar-refractivity contribution is 6.03. The van der Waals surface area contributed by atoms with E-state index in [0.717, 1.165) is 23.6 Å². The molecule has 0 bridgehead atoms. The van der Waals surface area contributed by atoms with Crippen molar-refractivity contribution in [1.82, 2.24) is 15.1 Å². The van der Waals surface area contributed by atoms with Crippen molar-refractivity contribution >= 4 is 17.7 Å². The molecular formula is C25H28FN3O6. The summed E-state index contributed by atoms with van der Waals surface area (Å²) in [7, 11) is 0. The van der Waals surface area contributed by atoms with E-state index in [4.69, 9.17) is 9.47 Å². The van der Waals surface area contributed by atoms with Gasteiger partial charge in [-0.2, -0.15) is 0 Å². The minimum Gasteiger partial charge on any atom is -0.488 e. The topological polar surface area (TPSA) is 108 Å². The Morgan fingerprint density at radius 2 is 2.00 bits per heavy atom. The number of amides is 3. The standard InChI is InChI=1S/C25H28FN3O6/c1-2-22(30)27-23(31)25(33)29-14-19-18(24(29)32)4-3-5-21(19)35-15-17-7-6-16(12-20(17)26)13-28-8-10-34-11-9-28/h3-7,12,25,33H,2,8-11,13-15H2,1H3,(H,27,30,31). The highest BCUT2D eigenvalue weighted by Gasteiger charge is 2.37. The Hall–Kier alpha value is -3.34. The Bertz CT molecular complexity index is 1120. The number of benzene rings is 2. The van der Waals surface area contributed by atoms with Gasteiger partial charge in [0.25, 0.3) is 11.8 Å². The number of hydrogen-bond donors (Lipinski definition) is 2. The molecule has 1 fully saturated rings. The first-order valence-electron chi connectivity index (χ1n) is 11.5. The van der Waals surface area contributed by atoms with E-state index in [0.29, 0.717) is 36.6 Å². The minimum absolute atomic E-state index is 0.0532. The maximum atomic E-state index is 14.7. The summed E-state index contributed by atoms with van der Waals surface area (Å²) in [6.07, 6.45) is -1.76. The van der Waals surface area contributed by atoms with Crippen LogP contribution < -0.4 is 10.1 Å². The normalized spacial score (nSPS) is 16.7. The number of halogens is 1. The molecule has 0 radical (unpaired) electrons. The van der Waals surface area contributed by atoms with Crippen molar-refractivity contribution in [3.8, 4) is 5.75 Å². The van der Waals surface area contributed by atoms with Crippen molar-refractivity contribution in [2.75, 3.05) is 26.3 Å². The van der Waals surface area contributed by atoms with Gasteiger partial charge in [-0.3, -0.25) is 24.6 Å². The maximum Gasteiger partial charge on any atom is 0.276 e. The number of nitrogens with zero attached hydrogens (tertiary/aromatic N) is 2. The van der Waals surface area contributed by atoms with Crippen LogP contribution in [0.2, 0.25) is 0 Å². The van der Waals surface area contributed by atoms with Gasteiger partial charge in [0, 0.05) is 42.7 Å². The minimum atomic E-state index is -1.82. The van der Waals surface area contributed by atoms with Gasteiger partial charge in [-0.15, -0.1) is 0 Å². The van der Waals surface area contributed by atoms with E-state index in [1.807, 2.05) is 11.4 Å². The first-order chi connectivity index (χ1) is 16.9. The maximum absolute atomic E-state index is 14.7. The fraction of sp³-hybridized carbons (Fsp3) is 0.400. The molecule has 3 amide bonds. The summed E-state index contributed by atoms with van der Waals surface area (Å²) >= 11 is 0. The summed E-state index contributed by atoms with van der Waals surface area (Å²) in [6.45, 7) is 5.05. The van der Waals surface area contributed by atoms with E-state index >= 15 is 0 Å². The number of aliphatic hydroxyl groups excluding tert-OH is 1. The number of rotatable bonds is 8. The lowest BCUT2D eigenvalue weighted by molar-refractivity contribution is -0.141. The van der Waals surface area contributed by atoms with E-state index in [-0.39, 0.29) is 31.0 Å². The summed E-state index contributed by atoms with van der Waals surface area (Å²) in [4.78, 5) is 39.5. The number of fused-ring (bicyclic) bond motifs is 1. The van der Waals surface area contributed by atoms with Crippen molar-refractivity contribution in [3.05, 3.63) is 64.5 Å². The largest absolute Gasteiger partial charge is 0.488 e. The molecule has 2 heterocycles. The number of nitrogens with one attached hydrogen (secondary N) is 1. The van der Waals surface area contributed by atoms with Crippen LogP contribution >= 0.6 is 0 Å². The van der Waals surface area contributed by atoms with Crippen LogP contribution in [0.5, 0.6) is 5.75 Å². The Labute approximate surface area is 202 Å². The molecule has 2 aromatic carbocycles. The number of carbonyl (C=O) groups excluding carboxylic acids is 3. The van der Waals surface area contributed by atoms with E-state index in [9.17, 15) is 23.9 Å². The molecular weight excluding hydrogens is 457 g/mol. The highest BCUT2D eigenvalue weighted by atomic mass is 19.1. The van der Waals surface area contributed by atoms with Crippen molar-refractivity contribution in [3.63, 3.8) is 0 Å². The van der Waals surface area contributed by atoms with Gasteiger partial charge in [-0.1, -0.05) is 25.1 Å². The summed E-state index contributed by atoms with van der Waals surface area (Å²) in [5.41, 5.74) is 1.99. The lowest BCUT2D eigenvalue weighted by atomic mass is 10.1. The van der Waals surface area contributed by atoms with Crippen molar-refractivity contribution in [2.45, 2.75) is 39.3 Å². The SMILES string of the molecule is CCC(=O)NC(=O)C(O)N1Cc2c(OCc3ccc(CN4CCOCC4)cc3F)cccc2C1=O. The Morgan fingerprint density at radius 3 is 2.71 bits per heavy atom. The smallest absolute Gasteiger partial charge is 0.276 e. The number of carbonyl (C=O) groups is 3. The number of aliphatic hydroxyl groups is 1. The van der Waals surface area contributed by atoms with Crippen LogP contribution in [0.25, 0.3) is 0 Å². The van der Waals surface area contributed by atoms with Gasteiger partial charge in [0.2, 0.25) is 12.1 Å². The summed E-state index contributed by atoms with van der Waals surface area (Å²) in [6, 6.07) is 9.88. The number of imide groups is 1. The van der Waals surface area contributed by atoms with Gasteiger partial charge in [0.1, 0.15) is 18.2 Å². The van der Waals surface area contributed by atoms with Crippen LogP contribution in [-0.2, 0) is 34.0 Å². The third kappa shape index (κ3) is 5.67. The molecule has 2 aliphatic heterocycles. The summed E-state index contributed by atoms with van der Waals surface area (Å²) < 4.78 is 25.9. The fourth-order valence-corrected chi connectivity index (χ4v) is 4.07. The van der Waals surface area contributed by atoms with Crippen LogP contribution in [0.4, 0.5) is 4.39 Å². The Morgan fingerprint density at radius 1 is 1.23 bits per heavy atom. The molecule has 0 aliphatic carbocycles. The summed E-state index contributed by atoms with van der Waals surface area (Å²) in [5.74, 6) is -2.11. The van der Waals surface area contributed by atoms with Gasteiger partial charge in [0.15, 0.2) is 0 Å². The van der Waals surface area contributed by atoms with Gasteiger partial charge in [-0.25, -0.2) is 4.39 Å². The predicted molar refractivity (Wildman–Crippen MR) is 123 cm³/mol. The molecule has 0 saturated carbocycles. The van der Waals surface area contributed by atoms with E-state index in [1.54, 1.807) is 31.2 Å². The van der Waals surface area contributed by atoms with Gasteiger partial charge in [0.05, 0.1) is 19.8 Å². The van der Waals surface area contributed by atoms with Crippen molar-refractivity contribution in [2.24, 2.45) is 0 Å². The predicted octanol–water partition coefficient (Wildman–Crippen LogP) is 1.56. The molecule has 10 heteroatoms. The summed E-state index contributed by atoms with van der Waals surface area (Å²) in [5, 5.41) is 12.4. The average molecular weight is 486 g/mol. The Kier molecular flexibility index (Phi) is 7.74. The Balaban J connectivity index is 1.41. The van der Waals surface area contributed by atoms with Crippen molar-refractivity contribution in [1.29, 1.82) is 0 Å². The molecule has 0 spiro atoms. The molecule has 2 N–H and O–H groups in total. The lowest BCUT2D eigenvalue weighted by Gasteiger charge is -2.26. The van der Waals surface area contributed by atoms with Crippen LogP contribution in [0.15, 0.2) is 36.4 Å². The van der Waals surface area contributed by atoms with Crippen molar-refractivity contribution < 1.29 is 33.4 Å². The number of ether oxygens (including phenoxy) is 2. The molecule has 35 heavy (non-hydrogen) atoms. The van der Waals surface area contributed by atoms with Gasteiger partial charge in [-0.05, 0) is 23.8 Å². The first-order valence-corrected chi connectivity index (χ1v) is 11.5. The molecule has 2 aromatic rings. The van der Waals surface area contributed by atoms with Gasteiger partial charge >= 0.3 is 0 Å². The molecule has 1 saturated heterocycles. The average Bonchev–Trinajstić information content (AvgIpc) is 3.20. The molecule has 1 unspecified atom stereocenters. The highest BCUT2D eigenvalue weighted by Crippen LogP contribution is 2.32. The van der Waals surface area contributed by atoms with Gasteiger partial charge < -0.3 is 19.5 Å². The van der Waals surface area contributed by atoms with E-state index in [1.165, 1.54) is 6.07 Å². The number of hydrogen-bond acceptors (Lipinski definition) is 7. The fourth-order valence-electron chi connectivity index (χ4n) is 4.07. The second-order valence-electron chi connectivity index (χ2n) is 8.46. The number of morpholine rings is 1.